The molecule has 0 radical (unpaired) electrons. The molecule has 1 unspecified atom stereocenters. The molecule has 8 fully saturated rings. The molecule has 0 bridgehead atoms. The number of hydrogen-bond donors (Lipinski definition) is 14. The van der Waals surface area contributed by atoms with Gasteiger partial charge in [-0.2, -0.15) is 0 Å². The van der Waals surface area contributed by atoms with Crippen LogP contribution < -0.4 is 0 Å². The Hall–Kier alpha value is -1.47. The maximum Gasteiger partial charge on any atom is 0.187 e. The highest BCUT2D eigenvalue weighted by atomic mass is 16.8. The molecule has 0 aromatic carbocycles. The van der Waals surface area contributed by atoms with Gasteiger partial charge in [0, 0.05) is 12.3 Å². The van der Waals surface area contributed by atoms with Gasteiger partial charge in [0.15, 0.2) is 25.2 Å². The Morgan fingerprint density at radius 2 is 1.18 bits per heavy atom. The van der Waals surface area contributed by atoms with E-state index in [1.807, 2.05) is 34.6 Å². The van der Waals surface area contributed by atoms with Gasteiger partial charge in [0.1, 0.15) is 97.3 Å². The van der Waals surface area contributed by atoms with Crippen LogP contribution in [0.2, 0.25) is 0 Å². The number of ether oxygens (including phenoxy) is 8. The van der Waals surface area contributed by atoms with Crippen molar-refractivity contribution in [3.8, 4) is 0 Å². The van der Waals surface area contributed by atoms with E-state index >= 15 is 4.79 Å². The van der Waals surface area contributed by atoms with Gasteiger partial charge in [0.25, 0.3) is 0 Å². The minimum absolute atomic E-state index is 0.0351. The maximum atomic E-state index is 15.4. The van der Waals surface area contributed by atoms with Gasteiger partial charge in [-0.25, -0.2) is 0 Å². The normalized spacial score (nSPS) is 52.7. The highest BCUT2D eigenvalue weighted by molar-refractivity contribution is 5.84. The van der Waals surface area contributed by atoms with E-state index in [4.69, 9.17) is 37.9 Å². The van der Waals surface area contributed by atoms with Gasteiger partial charge in [0.2, 0.25) is 0 Å². The number of aliphatic hydroxyl groups excluding tert-OH is 14. The molecule has 14 N–H and O–H groups in total. The zero-order valence-electron chi connectivity index (χ0n) is 45.8. The van der Waals surface area contributed by atoms with E-state index in [-0.39, 0.29) is 30.5 Å². The number of aliphatic hydroxyl groups is 14. The molecule has 8 rings (SSSR count). The van der Waals surface area contributed by atoms with E-state index in [1.165, 1.54) is 6.92 Å². The van der Waals surface area contributed by atoms with Crippen molar-refractivity contribution in [2.24, 2.45) is 45.3 Å². The molecule has 77 heavy (non-hydrogen) atoms. The summed E-state index contributed by atoms with van der Waals surface area (Å²) < 4.78 is 48.7. The zero-order valence-corrected chi connectivity index (χ0v) is 45.8. The summed E-state index contributed by atoms with van der Waals surface area (Å²) in [6.45, 7) is 15.9. The summed E-state index contributed by atoms with van der Waals surface area (Å²) in [5.74, 6) is -1.28. The van der Waals surface area contributed by atoms with Crippen molar-refractivity contribution in [2.75, 3.05) is 19.8 Å². The maximum absolute atomic E-state index is 15.4. The van der Waals surface area contributed by atoms with E-state index in [2.05, 4.69) is 26.8 Å². The SMILES string of the molecule is CC(C)=CCC[C@](C)(O[C@@H]1O[C@H](CO[C@@H]2O[C@H](C)[C@@H](O)[C@H](O)[C@H]2O)[C@@H](O)[C@H](O)[C@H]1O)[C@H]1CC[C@]2(C)[C@@H]1C(=O)C[C@@H]1[C@@]3(C)C[C@@H](O)[C@H](O[C@@H]4O[C@H](CO)[C@@H](O)[C@H](O)[C@H]4O[C@@H]4O[C@H](CO)[C@@H](O)[C@H](O)[C@H]4O)C(C)(C)C3CC[C@]12C. The fraction of sp³-hybridized carbons (Fsp3) is 0.944. The minimum atomic E-state index is -1.87. The number of allylic oxidation sites excluding steroid dienone is 2. The minimum Gasteiger partial charge on any atom is -0.394 e. The molecule has 0 amide bonds. The second kappa shape index (κ2) is 22.9. The quantitative estimate of drug-likeness (QED) is 0.0623. The lowest BCUT2D eigenvalue weighted by molar-refractivity contribution is -0.383. The van der Waals surface area contributed by atoms with Crippen molar-refractivity contribution in [1.29, 1.82) is 0 Å². The number of rotatable bonds is 15. The van der Waals surface area contributed by atoms with Gasteiger partial charge < -0.3 is 109 Å². The second-order valence-corrected chi connectivity index (χ2v) is 25.7. The zero-order chi connectivity index (χ0) is 56.8. The first-order valence-corrected chi connectivity index (χ1v) is 27.7. The lowest BCUT2D eigenvalue weighted by atomic mass is 9.35. The monoisotopic (exact) mass is 1110 g/mol. The fourth-order valence-electron chi connectivity index (χ4n) is 16.0. The molecule has 4 aliphatic carbocycles. The Labute approximate surface area is 450 Å². The predicted octanol–water partition coefficient (Wildman–Crippen LogP) is -2.00. The molecule has 0 aromatic heterocycles. The molecule has 23 nitrogen and oxygen atoms in total. The van der Waals surface area contributed by atoms with Crippen molar-refractivity contribution in [3.63, 3.8) is 0 Å². The summed E-state index contributed by atoms with van der Waals surface area (Å²) in [5.41, 5.74) is -2.66. The lowest BCUT2D eigenvalue weighted by Gasteiger charge is -2.70. The number of fused-ring (bicyclic) bond motifs is 5. The average molecular weight is 1110 g/mol. The van der Waals surface area contributed by atoms with Gasteiger partial charge in [-0.1, -0.05) is 46.3 Å². The third-order valence-electron chi connectivity index (χ3n) is 20.6. The van der Waals surface area contributed by atoms with Crippen LogP contribution in [0.15, 0.2) is 11.6 Å². The van der Waals surface area contributed by atoms with E-state index in [9.17, 15) is 71.5 Å². The van der Waals surface area contributed by atoms with Crippen LogP contribution in [0.3, 0.4) is 0 Å². The Morgan fingerprint density at radius 3 is 1.81 bits per heavy atom. The van der Waals surface area contributed by atoms with Crippen LogP contribution in [-0.2, 0) is 42.7 Å². The van der Waals surface area contributed by atoms with Crippen molar-refractivity contribution in [2.45, 2.75) is 254 Å². The first-order valence-electron chi connectivity index (χ1n) is 27.7. The van der Waals surface area contributed by atoms with Crippen LogP contribution in [0.4, 0.5) is 0 Å². The smallest absolute Gasteiger partial charge is 0.187 e. The summed E-state index contributed by atoms with van der Waals surface area (Å²) in [6, 6.07) is 0. The molecule has 4 aliphatic heterocycles. The van der Waals surface area contributed by atoms with Gasteiger partial charge in [-0.05, 0) is 112 Å². The summed E-state index contributed by atoms with van der Waals surface area (Å²) in [7, 11) is 0. The molecule has 4 saturated carbocycles. The number of hydrogen-bond acceptors (Lipinski definition) is 23. The second-order valence-electron chi connectivity index (χ2n) is 25.7. The van der Waals surface area contributed by atoms with Gasteiger partial charge in [0.05, 0.1) is 43.7 Å². The lowest BCUT2D eigenvalue weighted by Crippen LogP contribution is -2.69. The van der Waals surface area contributed by atoms with Crippen LogP contribution in [-0.4, -0.2) is 238 Å². The standard InChI is InChI=1S/C54H90O23/c1-22(2)11-10-14-54(9,77-48-43(69)39(65)36(62)29(74-48)21-70-46-41(67)37(63)33(59)23(3)71-46)24-12-15-53(8)32(24)25(57)17-31-51(6)18-26(58)45(50(4,5)30(51)13-16-52(31,53)7)76-49-44(40(66)35(61)28(20-56)73-49)75-47-42(68)38(64)34(60)27(19-55)72-47/h11,23-24,26-49,55-56,58-69H,10,12-21H2,1-9H3/t23-,24+,26-,27-,28-,29-,30?,31-,32+,33-,34-,35-,36-,37+,38+,39+,40+,41-,42-,43-,44-,45+,46-,47+,48+,49+,51+,52-,53-,54+/m1/s1. The summed E-state index contributed by atoms with van der Waals surface area (Å²) in [5, 5.41) is 152. The van der Waals surface area contributed by atoms with Crippen LogP contribution in [0.5, 0.6) is 0 Å². The first kappa shape index (κ1) is 61.6. The third kappa shape index (κ3) is 10.7. The molecular formula is C54H90O23. The summed E-state index contributed by atoms with van der Waals surface area (Å²) >= 11 is 0. The first-order chi connectivity index (χ1) is 35.9. The molecule has 0 aromatic rings. The Morgan fingerprint density at radius 1 is 0.636 bits per heavy atom. The summed E-state index contributed by atoms with van der Waals surface area (Å²) in [6.07, 6.45) is -27.8. The van der Waals surface area contributed by atoms with Gasteiger partial charge >= 0.3 is 0 Å². The summed E-state index contributed by atoms with van der Waals surface area (Å²) in [4.78, 5) is 15.4. The average Bonchev–Trinajstić information content (AvgIpc) is 3.91. The Balaban J connectivity index is 1.03. The van der Waals surface area contributed by atoms with Crippen LogP contribution in [0.1, 0.15) is 114 Å². The molecule has 8 aliphatic rings. The highest BCUT2D eigenvalue weighted by Gasteiger charge is 2.73. The third-order valence-corrected chi connectivity index (χ3v) is 20.6. The molecule has 0 spiro atoms. The largest absolute Gasteiger partial charge is 0.394 e. The van der Waals surface area contributed by atoms with Crippen molar-refractivity contribution < 1.29 is 114 Å². The van der Waals surface area contributed by atoms with Crippen LogP contribution >= 0.6 is 0 Å². The van der Waals surface area contributed by atoms with Crippen molar-refractivity contribution in [1.82, 2.24) is 0 Å². The van der Waals surface area contributed by atoms with E-state index in [1.54, 1.807) is 0 Å². The number of carbonyl (C=O) groups is 1. The molecule has 4 saturated heterocycles. The Bertz CT molecular complexity index is 2060. The fourth-order valence-corrected chi connectivity index (χ4v) is 16.0. The van der Waals surface area contributed by atoms with E-state index in [0.717, 1.165) is 5.57 Å². The molecule has 23 heteroatoms. The number of ketones is 1. The van der Waals surface area contributed by atoms with Crippen LogP contribution in [0.25, 0.3) is 0 Å². The molecule has 30 atom stereocenters. The number of carbonyl (C=O) groups excluding carboxylic acids is 1. The Kier molecular flexibility index (Phi) is 18.4. The predicted molar refractivity (Wildman–Crippen MR) is 265 cm³/mol. The van der Waals surface area contributed by atoms with Crippen molar-refractivity contribution >= 4 is 5.78 Å². The van der Waals surface area contributed by atoms with E-state index < -0.39 is 194 Å². The molecular weight excluding hydrogens is 1020 g/mol. The van der Waals surface area contributed by atoms with Crippen LogP contribution in [0, 0.1) is 45.3 Å². The highest BCUT2D eigenvalue weighted by Crippen LogP contribution is 2.75. The molecule has 444 valence electrons. The number of Topliss-reactive ketones (excluding diaryl/α,β-unsaturated/α-hetero) is 1. The topological polar surface area (TPSA) is 374 Å². The van der Waals surface area contributed by atoms with Gasteiger partial charge in [-0.3, -0.25) is 4.79 Å². The van der Waals surface area contributed by atoms with E-state index in [0.29, 0.717) is 38.5 Å². The molecule has 4 heterocycles. The van der Waals surface area contributed by atoms with Crippen molar-refractivity contribution in [3.05, 3.63) is 11.6 Å². The van der Waals surface area contributed by atoms with Gasteiger partial charge in [-0.15, -0.1) is 0 Å².